The van der Waals surface area contributed by atoms with E-state index in [2.05, 4.69) is 76.2 Å². The van der Waals surface area contributed by atoms with Crippen molar-refractivity contribution in [2.45, 2.75) is 40.5 Å². The fourth-order valence-corrected chi connectivity index (χ4v) is 2.04. The molecule has 0 nitrogen and oxygen atoms in total. The van der Waals surface area contributed by atoms with Crippen LogP contribution in [0.5, 0.6) is 0 Å². The normalized spacial score (nSPS) is 9.05. The molecule has 0 fully saturated rings. The Morgan fingerprint density at radius 3 is 1.05 bits per heavy atom. The summed E-state index contributed by atoms with van der Waals surface area (Å²) in [4.78, 5) is 0. The predicted octanol–water partition coefficient (Wildman–Crippen LogP) is -0.786. The van der Waals surface area contributed by atoms with Crippen molar-refractivity contribution in [2.24, 2.45) is 11.8 Å². The van der Waals surface area contributed by atoms with Crippen LogP contribution in [-0.4, -0.2) is 0 Å². The second kappa shape index (κ2) is 15.9. The van der Waals surface area contributed by atoms with Crippen LogP contribution < -0.4 is 48.0 Å². The molecule has 2 rings (SSSR count). The van der Waals surface area contributed by atoms with Crippen molar-refractivity contribution in [2.75, 3.05) is 0 Å². The van der Waals surface area contributed by atoms with Gasteiger partial charge in [0, 0.05) is 0 Å². The fourth-order valence-electron chi connectivity index (χ4n) is 2.04. The average molecular weight is 587 g/mol. The zero-order valence-corrected chi connectivity index (χ0v) is 20.2. The van der Waals surface area contributed by atoms with E-state index in [4.69, 9.17) is 0 Å². The van der Waals surface area contributed by atoms with Crippen LogP contribution in [-0.2, 0) is 39.0 Å². The maximum Gasteiger partial charge on any atom is 4.00 e. The topological polar surface area (TPSA) is 0 Å². The van der Waals surface area contributed by atoms with Crippen LogP contribution in [0.1, 0.15) is 38.8 Å². The summed E-state index contributed by atoms with van der Waals surface area (Å²) in [6, 6.07) is 17.1. The van der Waals surface area contributed by atoms with E-state index in [1.54, 1.807) is 0 Å². The van der Waals surface area contributed by atoms with E-state index >= 15 is 0 Å². The van der Waals surface area contributed by atoms with Gasteiger partial charge in [-0.3, -0.25) is 0 Å². The molecule has 0 N–H and O–H groups in total. The van der Waals surface area contributed by atoms with Gasteiger partial charge >= 0.3 is 26.2 Å². The fraction of sp³-hybridized carbons (Fsp3) is 0.444. The van der Waals surface area contributed by atoms with Crippen molar-refractivity contribution < 1.29 is 74.2 Å². The minimum Gasteiger partial charge on any atom is -1.00 e. The Kier molecular flexibility index (Phi) is 20.4. The van der Waals surface area contributed by atoms with E-state index in [-0.39, 0.29) is 74.2 Å². The average Bonchev–Trinajstić information content (AvgIpc) is 2.90. The van der Waals surface area contributed by atoms with E-state index in [1.165, 1.54) is 24.0 Å². The molecule has 0 aliphatic heterocycles. The minimum absolute atomic E-state index is 0. The van der Waals surface area contributed by atoms with Crippen LogP contribution in [0, 0.1) is 11.8 Å². The summed E-state index contributed by atoms with van der Waals surface area (Å²) in [6.45, 7) is 8.97. The van der Waals surface area contributed by atoms with Crippen molar-refractivity contribution >= 4 is 0 Å². The van der Waals surface area contributed by atoms with Crippen LogP contribution in [0.3, 0.4) is 0 Å². The van der Waals surface area contributed by atoms with Gasteiger partial charge in [-0.25, -0.2) is 24.3 Å². The summed E-state index contributed by atoms with van der Waals surface area (Å²) in [7, 11) is 0. The van der Waals surface area contributed by atoms with Crippen molar-refractivity contribution in [3.63, 3.8) is 0 Å². The third-order valence-electron chi connectivity index (χ3n) is 2.75. The molecular weight excluding hydrogens is 561 g/mol. The molecule has 0 heterocycles. The SMILES string of the molecule is CC(C)C[c-]1cccc1.CC(C)C[c-]1cccc1.[I-].[I-].[Zr+4]. The van der Waals surface area contributed by atoms with E-state index in [1.807, 2.05) is 0 Å². The van der Waals surface area contributed by atoms with Crippen molar-refractivity contribution in [1.29, 1.82) is 0 Å². The Hall–Kier alpha value is 1.04. The van der Waals surface area contributed by atoms with Crippen molar-refractivity contribution in [3.05, 3.63) is 59.7 Å². The number of rotatable bonds is 4. The summed E-state index contributed by atoms with van der Waals surface area (Å²) >= 11 is 0. The van der Waals surface area contributed by atoms with Crippen LogP contribution >= 0.6 is 0 Å². The summed E-state index contributed by atoms with van der Waals surface area (Å²) in [6.07, 6.45) is 2.43. The van der Waals surface area contributed by atoms with Crippen molar-refractivity contribution in [1.82, 2.24) is 0 Å². The first kappa shape index (κ1) is 26.9. The van der Waals surface area contributed by atoms with Gasteiger partial charge in [-0.05, 0) is 0 Å². The second-order valence-electron chi connectivity index (χ2n) is 5.78. The molecule has 0 spiro atoms. The van der Waals surface area contributed by atoms with E-state index in [9.17, 15) is 0 Å². The minimum atomic E-state index is 0. The Bertz CT molecular complexity index is 349. The molecule has 0 aliphatic carbocycles. The van der Waals surface area contributed by atoms with Gasteiger partial charge in [0.15, 0.2) is 0 Å². The third-order valence-corrected chi connectivity index (χ3v) is 2.75. The molecule has 2 aromatic rings. The standard InChI is InChI=1S/2C9H13.2HI.Zr/c2*1-8(2)7-9-5-3-4-6-9;;;/h2*3-6,8H,7H2,1-2H3;2*1H;/q2*-1;;;+4/p-2. The molecular formula is C18H26I2Zr. The van der Waals surface area contributed by atoms with Gasteiger partial charge in [-0.1, -0.05) is 52.4 Å². The first-order chi connectivity index (χ1) is 8.58. The van der Waals surface area contributed by atoms with Crippen LogP contribution in [0.4, 0.5) is 0 Å². The molecule has 116 valence electrons. The third kappa shape index (κ3) is 14.4. The van der Waals surface area contributed by atoms with E-state index in [0.717, 1.165) is 11.8 Å². The summed E-state index contributed by atoms with van der Waals surface area (Å²) in [5.41, 5.74) is 2.93. The molecule has 0 saturated carbocycles. The molecule has 0 amide bonds. The van der Waals surface area contributed by atoms with Gasteiger partial charge in [0.1, 0.15) is 0 Å². The molecule has 2 aromatic carbocycles. The first-order valence-corrected chi connectivity index (χ1v) is 6.99. The van der Waals surface area contributed by atoms with Gasteiger partial charge in [0.25, 0.3) is 0 Å². The summed E-state index contributed by atoms with van der Waals surface area (Å²) in [5.74, 6) is 1.57. The molecule has 0 saturated heterocycles. The molecule has 0 bridgehead atoms. The first-order valence-electron chi connectivity index (χ1n) is 6.99. The zero-order chi connectivity index (χ0) is 13.4. The Morgan fingerprint density at radius 1 is 0.619 bits per heavy atom. The van der Waals surface area contributed by atoms with E-state index < -0.39 is 0 Å². The zero-order valence-electron chi connectivity index (χ0n) is 13.4. The maximum absolute atomic E-state index is 2.24. The number of hydrogen-bond acceptors (Lipinski definition) is 0. The molecule has 3 heteroatoms. The number of halogens is 2. The second-order valence-corrected chi connectivity index (χ2v) is 5.78. The smallest absolute Gasteiger partial charge is 1.00 e. The Balaban J connectivity index is -0.000000270. The molecule has 0 atom stereocenters. The maximum atomic E-state index is 2.24. The summed E-state index contributed by atoms with van der Waals surface area (Å²) in [5, 5.41) is 0. The van der Waals surface area contributed by atoms with E-state index in [0.29, 0.717) is 0 Å². The van der Waals surface area contributed by atoms with Crippen LogP contribution in [0.2, 0.25) is 0 Å². The van der Waals surface area contributed by atoms with Gasteiger partial charge in [-0.2, -0.15) is 35.4 Å². The van der Waals surface area contributed by atoms with Crippen LogP contribution in [0.25, 0.3) is 0 Å². The summed E-state index contributed by atoms with van der Waals surface area (Å²) < 4.78 is 0. The Labute approximate surface area is 184 Å². The van der Waals surface area contributed by atoms with Crippen LogP contribution in [0.15, 0.2) is 48.5 Å². The van der Waals surface area contributed by atoms with Gasteiger partial charge in [-0.15, -0.1) is 0 Å². The van der Waals surface area contributed by atoms with Crippen molar-refractivity contribution in [3.8, 4) is 0 Å². The largest absolute Gasteiger partial charge is 4.00 e. The molecule has 0 unspecified atom stereocenters. The number of hydrogen-bond donors (Lipinski definition) is 0. The van der Waals surface area contributed by atoms with Gasteiger partial charge in [0.2, 0.25) is 0 Å². The predicted molar refractivity (Wildman–Crippen MR) is 81.2 cm³/mol. The quantitative estimate of drug-likeness (QED) is 0.326. The van der Waals surface area contributed by atoms with Gasteiger partial charge in [0.05, 0.1) is 0 Å². The van der Waals surface area contributed by atoms with Gasteiger partial charge < -0.3 is 48.0 Å². The monoisotopic (exact) mass is 586 g/mol. The molecule has 0 radical (unpaired) electrons. The molecule has 21 heavy (non-hydrogen) atoms. The molecule has 0 aliphatic rings. The Morgan fingerprint density at radius 2 is 0.857 bits per heavy atom. The molecule has 0 aromatic heterocycles.